The molecule has 1 atom stereocenters. The van der Waals surface area contributed by atoms with Crippen LogP contribution in [-0.4, -0.2) is 39.9 Å². The maximum absolute atomic E-state index is 12.0. The molecule has 7 heteroatoms. The third-order valence-corrected chi connectivity index (χ3v) is 4.59. The Morgan fingerprint density at radius 1 is 1.33 bits per heavy atom. The molecule has 0 bridgehead atoms. The van der Waals surface area contributed by atoms with Crippen LogP contribution in [0.2, 0.25) is 0 Å². The molecule has 0 aromatic heterocycles. The zero-order chi connectivity index (χ0) is 15.3. The number of hydrogen-bond donors (Lipinski definition) is 1. The van der Waals surface area contributed by atoms with Crippen molar-refractivity contribution in [3.63, 3.8) is 0 Å². The lowest BCUT2D eigenvalue weighted by Gasteiger charge is -2.22. The summed E-state index contributed by atoms with van der Waals surface area (Å²) in [6.07, 6.45) is 2.28. The molecule has 1 aromatic rings. The third-order valence-electron chi connectivity index (χ3n) is 3.28. The highest BCUT2D eigenvalue weighted by atomic mass is 32.2. The largest absolute Gasteiger partial charge is 0.497 e. The summed E-state index contributed by atoms with van der Waals surface area (Å²) in [6.45, 7) is 0.576. The van der Waals surface area contributed by atoms with Crippen molar-refractivity contribution >= 4 is 15.9 Å². The second kappa shape index (κ2) is 6.91. The lowest BCUT2D eigenvalue weighted by atomic mass is 10.1. The Bertz CT molecular complexity index is 576. The Kier molecular flexibility index (Phi) is 5.19. The quantitative estimate of drug-likeness (QED) is 0.886. The number of ether oxygens (including phenoxy) is 2. The molecule has 21 heavy (non-hydrogen) atoms. The molecule has 1 amide bonds. The van der Waals surface area contributed by atoms with Gasteiger partial charge in [-0.15, -0.1) is 0 Å². The van der Waals surface area contributed by atoms with E-state index in [-0.39, 0.29) is 17.4 Å². The van der Waals surface area contributed by atoms with Gasteiger partial charge in [-0.05, 0) is 43.5 Å². The Labute approximate surface area is 124 Å². The molecule has 0 saturated carbocycles. The van der Waals surface area contributed by atoms with E-state index in [1.165, 1.54) is 19.2 Å². The van der Waals surface area contributed by atoms with E-state index in [0.29, 0.717) is 18.8 Å². The first kappa shape index (κ1) is 15.8. The lowest BCUT2D eigenvalue weighted by molar-refractivity contribution is 0.0304. The number of carbonyl (C=O) groups is 1. The standard InChI is InChI=1S/C14H19NO5S/c1-19-12-7-5-11(6-8-12)14(16)15-21(17,18)10-13-4-2-3-9-20-13/h5-8,13H,2-4,9-10H2,1H3,(H,15,16). The van der Waals surface area contributed by atoms with Crippen molar-refractivity contribution in [2.24, 2.45) is 0 Å². The molecule has 116 valence electrons. The van der Waals surface area contributed by atoms with Gasteiger partial charge in [0, 0.05) is 12.2 Å². The first-order valence-electron chi connectivity index (χ1n) is 6.80. The number of benzene rings is 1. The van der Waals surface area contributed by atoms with Crippen LogP contribution >= 0.6 is 0 Å². The van der Waals surface area contributed by atoms with Gasteiger partial charge in [-0.25, -0.2) is 13.1 Å². The van der Waals surface area contributed by atoms with Gasteiger partial charge < -0.3 is 9.47 Å². The van der Waals surface area contributed by atoms with Gasteiger partial charge in [0.05, 0.1) is 19.0 Å². The molecule has 2 rings (SSSR count). The number of sulfonamides is 1. The molecule has 1 aliphatic rings. The fourth-order valence-corrected chi connectivity index (χ4v) is 3.40. The summed E-state index contributed by atoms with van der Waals surface area (Å²) in [4.78, 5) is 11.9. The van der Waals surface area contributed by atoms with Crippen LogP contribution in [0.4, 0.5) is 0 Å². The van der Waals surface area contributed by atoms with Crippen molar-refractivity contribution < 1.29 is 22.7 Å². The summed E-state index contributed by atoms with van der Waals surface area (Å²) in [6, 6.07) is 6.24. The van der Waals surface area contributed by atoms with Crippen molar-refractivity contribution in [3.8, 4) is 5.75 Å². The smallest absolute Gasteiger partial charge is 0.264 e. The molecular formula is C14H19NO5S. The average molecular weight is 313 g/mol. The zero-order valence-electron chi connectivity index (χ0n) is 11.9. The summed E-state index contributed by atoms with van der Waals surface area (Å²) >= 11 is 0. The molecule has 1 aliphatic heterocycles. The maximum atomic E-state index is 12.0. The van der Waals surface area contributed by atoms with E-state index in [1.807, 2.05) is 0 Å². The van der Waals surface area contributed by atoms with E-state index in [9.17, 15) is 13.2 Å². The number of carbonyl (C=O) groups excluding carboxylic acids is 1. The van der Waals surface area contributed by atoms with Crippen molar-refractivity contribution in [2.75, 3.05) is 19.5 Å². The topological polar surface area (TPSA) is 81.7 Å². The molecule has 0 spiro atoms. The monoisotopic (exact) mass is 313 g/mol. The fraction of sp³-hybridized carbons (Fsp3) is 0.500. The maximum Gasteiger partial charge on any atom is 0.264 e. The van der Waals surface area contributed by atoms with Crippen molar-refractivity contribution in [1.82, 2.24) is 4.72 Å². The predicted octanol–water partition coefficient (Wildman–Crippen LogP) is 1.32. The van der Waals surface area contributed by atoms with Crippen LogP contribution in [-0.2, 0) is 14.8 Å². The Balaban J connectivity index is 1.96. The van der Waals surface area contributed by atoms with Gasteiger partial charge in [-0.3, -0.25) is 4.79 Å². The van der Waals surface area contributed by atoms with Crippen molar-refractivity contribution in [1.29, 1.82) is 0 Å². The van der Waals surface area contributed by atoms with E-state index in [2.05, 4.69) is 4.72 Å². The minimum atomic E-state index is -3.70. The van der Waals surface area contributed by atoms with Crippen LogP contribution in [0.25, 0.3) is 0 Å². The zero-order valence-corrected chi connectivity index (χ0v) is 12.7. The van der Waals surface area contributed by atoms with E-state index >= 15 is 0 Å². The number of methoxy groups -OCH3 is 1. The van der Waals surface area contributed by atoms with Gasteiger partial charge in [-0.2, -0.15) is 0 Å². The van der Waals surface area contributed by atoms with Crippen molar-refractivity contribution in [2.45, 2.75) is 25.4 Å². The van der Waals surface area contributed by atoms with Gasteiger partial charge in [0.25, 0.3) is 5.91 Å². The summed E-state index contributed by atoms with van der Waals surface area (Å²) < 4.78 is 36.4. The minimum Gasteiger partial charge on any atom is -0.497 e. The number of rotatable bonds is 5. The highest BCUT2D eigenvalue weighted by Crippen LogP contribution is 2.15. The SMILES string of the molecule is COc1ccc(C(=O)NS(=O)(=O)CC2CCCCO2)cc1. The average Bonchev–Trinajstić information content (AvgIpc) is 2.47. The van der Waals surface area contributed by atoms with Crippen LogP contribution < -0.4 is 9.46 Å². The van der Waals surface area contributed by atoms with Gasteiger partial charge in [0.2, 0.25) is 10.0 Å². The summed E-state index contributed by atoms with van der Waals surface area (Å²) in [5, 5.41) is 0. The van der Waals surface area contributed by atoms with Crippen LogP contribution in [0.15, 0.2) is 24.3 Å². The van der Waals surface area contributed by atoms with Crippen LogP contribution in [0.3, 0.4) is 0 Å². The van der Waals surface area contributed by atoms with E-state index in [1.54, 1.807) is 12.1 Å². The first-order valence-corrected chi connectivity index (χ1v) is 8.46. The second-order valence-electron chi connectivity index (χ2n) is 4.93. The Hall–Kier alpha value is -1.60. The summed E-state index contributed by atoms with van der Waals surface area (Å²) in [5.41, 5.74) is 0.268. The van der Waals surface area contributed by atoms with E-state index in [0.717, 1.165) is 12.8 Å². The molecule has 1 fully saturated rings. The molecule has 6 nitrogen and oxygen atoms in total. The van der Waals surface area contributed by atoms with Crippen molar-refractivity contribution in [3.05, 3.63) is 29.8 Å². The van der Waals surface area contributed by atoms with Gasteiger partial charge >= 0.3 is 0 Å². The Morgan fingerprint density at radius 2 is 2.05 bits per heavy atom. The molecule has 0 radical (unpaired) electrons. The first-order chi connectivity index (χ1) is 10.00. The minimum absolute atomic E-state index is 0.186. The lowest BCUT2D eigenvalue weighted by Crippen LogP contribution is -2.38. The highest BCUT2D eigenvalue weighted by molar-refractivity contribution is 7.90. The second-order valence-corrected chi connectivity index (χ2v) is 6.70. The van der Waals surface area contributed by atoms with Gasteiger partial charge in [0.1, 0.15) is 5.75 Å². The van der Waals surface area contributed by atoms with Crippen LogP contribution in [0.5, 0.6) is 5.75 Å². The molecule has 1 saturated heterocycles. The number of hydrogen-bond acceptors (Lipinski definition) is 5. The summed E-state index contributed by atoms with van der Waals surface area (Å²) in [7, 11) is -2.18. The molecular weight excluding hydrogens is 294 g/mol. The normalized spacial score (nSPS) is 19.0. The summed E-state index contributed by atoms with van der Waals surface area (Å²) in [5.74, 6) is -0.229. The Morgan fingerprint density at radius 3 is 2.62 bits per heavy atom. The molecule has 1 N–H and O–H groups in total. The van der Waals surface area contributed by atoms with E-state index < -0.39 is 15.9 Å². The van der Waals surface area contributed by atoms with Crippen LogP contribution in [0, 0.1) is 0 Å². The van der Waals surface area contributed by atoms with E-state index in [4.69, 9.17) is 9.47 Å². The molecule has 1 unspecified atom stereocenters. The highest BCUT2D eigenvalue weighted by Gasteiger charge is 2.24. The fourth-order valence-electron chi connectivity index (χ4n) is 2.17. The number of amides is 1. The van der Waals surface area contributed by atoms with Gasteiger partial charge in [-0.1, -0.05) is 0 Å². The molecule has 1 heterocycles. The predicted molar refractivity (Wildman–Crippen MR) is 77.8 cm³/mol. The molecule has 1 aromatic carbocycles. The van der Waals surface area contributed by atoms with Gasteiger partial charge in [0.15, 0.2) is 0 Å². The van der Waals surface area contributed by atoms with Crippen LogP contribution in [0.1, 0.15) is 29.6 Å². The molecule has 0 aliphatic carbocycles. The number of nitrogens with one attached hydrogen (secondary N) is 1. The third kappa shape index (κ3) is 4.71.